The lowest BCUT2D eigenvalue weighted by Crippen LogP contribution is -2.44. The van der Waals surface area contributed by atoms with Gasteiger partial charge in [-0.3, -0.25) is 9.59 Å². The summed E-state index contributed by atoms with van der Waals surface area (Å²) in [7, 11) is -3.98. The third-order valence-electron chi connectivity index (χ3n) is 5.77. The number of nitrogens with one attached hydrogen (secondary N) is 2. The highest BCUT2D eigenvalue weighted by Gasteiger charge is 2.35. The number of ether oxygens (including phenoxy) is 1. The largest absolute Gasteiger partial charge is 0.479 e. The number of anilines is 2. The summed E-state index contributed by atoms with van der Waals surface area (Å²) in [5.41, 5.74) is 0.516. The van der Waals surface area contributed by atoms with E-state index in [2.05, 4.69) is 10.6 Å². The van der Waals surface area contributed by atoms with Crippen molar-refractivity contribution >= 4 is 33.2 Å². The number of hydrogen-bond acceptors (Lipinski definition) is 5. The smallest absolute Gasteiger partial charge is 0.265 e. The van der Waals surface area contributed by atoms with E-state index in [0.29, 0.717) is 24.1 Å². The van der Waals surface area contributed by atoms with Crippen LogP contribution in [0.15, 0.2) is 35.2 Å². The van der Waals surface area contributed by atoms with Gasteiger partial charge in [0, 0.05) is 25.2 Å². The molecule has 2 aliphatic rings. The van der Waals surface area contributed by atoms with Crippen LogP contribution >= 0.6 is 0 Å². The van der Waals surface area contributed by atoms with Gasteiger partial charge >= 0.3 is 0 Å². The quantitative estimate of drug-likeness (QED) is 0.702. The standard InChI is InChI=1S/C22H23F2N3O5S/c1-12-8-18-19(32-13(2)21(28)26-18)10-20(12)33(30,31)27-7-3-4-14(11-27)22(29)25-17-9-15(23)5-6-16(17)24/h5-6,8-10,13-14H,3-4,7,11H2,1-2H3,(H,25,29)(H,26,28)/t13-,14+/m1/s1. The predicted molar refractivity (Wildman–Crippen MR) is 116 cm³/mol. The van der Waals surface area contributed by atoms with Crippen molar-refractivity contribution < 1.29 is 31.5 Å². The maximum Gasteiger partial charge on any atom is 0.265 e. The normalized spacial score (nSPS) is 21.0. The fraction of sp³-hybridized carbons (Fsp3) is 0.364. The number of carbonyl (C=O) groups is 2. The number of carbonyl (C=O) groups excluding carboxylic acids is 2. The number of sulfonamides is 1. The van der Waals surface area contributed by atoms with E-state index < -0.39 is 39.6 Å². The number of hydrogen-bond donors (Lipinski definition) is 2. The van der Waals surface area contributed by atoms with Crippen molar-refractivity contribution in [3.8, 4) is 5.75 Å². The summed E-state index contributed by atoms with van der Waals surface area (Å²) in [5, 5.41) is 5.04. The first-order chi connectivity index (χ1) is 15.6. The monoisotopic (exact) mass is 479 g/mol. The number of benzene rings is 2. The van der Waals surface area contributed by atoms with Gasteiger partial charge in [-0.1, -0.05) is 0 Å². The molecular weight excluding hydrogens is 456 g/mol. The molecular formula is C22H23F2N3O5S. The van der Waals surface area contributed by atoms with Crippen LogP contribution in [0, 0.1) is 24.5 Å². The van der Waals surface area contributed by atoms with Gasteiger partial charge in [0.05, 0.1) is 22.2 Å². The Labute approximate surface area is 190 Å². The number of halogens is 2. The first-order valence-corrected chi connectivity index (χ1v) is 11.9. The van der Waals surface area contributed by atoms with Crippen molar-refractivity contribution in [1.29, 1.82) is 0 Å². The van der Waals surface area contributed by atoms with Gasteiger partial charge in [0.1, 0.15) is 17.4 Å². The molecule has 0 radical (unpaired) electrons. The number of fused-ring (bicyclic) bond motifs is 1. The number of piperidine rings is 1. The van der Waals surface area contributed by atoms with Crippen molar-refractivity contribution in [1.82, 2.24) is 4.31 Å². The zero-order chi connectivity index (χ0) is 23.9. The van der Waals surface area contributed by atoms with Crippen LogP contribution in [0.4, 0.5) is 20.2 Å². The van der Waals surface area contributed by atoms with Gasteiger partial charge in [-0.15, -0.1) is 0 Å². The molecule has 4 rings (SSSR count). The lowest BCUT2D eigenvalue weighted by atomic mass is 9.98. The fourth-order valence-electron chi connectivity index (χ4n) is 3.96. The first kappa shape index (κ1) is 23.1. The highest BCUT2D eigenvalue weighted by molar-refractivity contribution is 7.89. The molecule has 0 spiro atoms. The molecule has 176 valence electrons. The molecule has 8 nitrogen and oxygen atoms in total. The van der Waals surface area contributed by atoms with Gasteiger partial charge < -0.3 is 15.4 Å². The van der Waals surface area contributed by atoms with Crippen LogP contribution in [0.25, 0.3) is 0 Å². The maximum absolute atomic E-state index is 13.9. The fourth-order valence-corrected chi connectivity index (χ4v) is 5.71. The van der Waals surface area contributed by atoms with Gasteiger partial charge in [-0.25, -0.2) is 17.2 Å². The molecule has 0 aliphatic carbocycles. The Morgan fingerprint density at radius 2 is 2.00 bits per heavy atom. The minimum atomic E-state index is -3.98. The summed E-state index contributed by atoms with van der Waals surface area (Å²) in [6.07, 6.45) is 0.0725. The second-order valence-corrected chi connectivity index (χ2v) is 10.1. The number of rotatable bonds is 4. The van der Waals surface area contributed by atoms with E-state index in [4.69, 9.17) is 4.74 Å². The summed E-state index contributed by atoms with van der Waals surface area (Å²) in [5.74, 6) is -2.87. The van der Waals surface area contributed by atoms with Crippen LogP contribution in [0.2, 0.25) is 0 Å². The molecule has 2 aromatic carbocycles. The second-order valence-electron chi connectivity index (χ2n) is 8.18. The average molecular weight is 480 g/mol. The molecule has 2 aromatic rings. The van der Waals surface area contributed by atoms with Gasteiger partial charge in [0.15, 0.2) is 6.10 Å². The molecule has 0 saturated carbocycles. The SMILES string of the molecule is Cc1cc2c(cc1S(=O)(=O)N1CCC[C@H](C(=O)Nc3cc(F)ccc3F)C1)O[C@H](C)C(=O)N2. The van der Waals surface area contributed by atoms with E-state index in [1.54, 1.807) is 13.8 Å². The predicted octanol–water partition coefficient (Wildman–Crippen LogP) is 3.03. The van der Waals surface area contributed by atoms with Gasteiger partial charge in [0.25, 0.3) is 5.91 Å². The molecule has 0 aromatic heterocycles. The van der Waals surface area contributed by atoms with E-state index >= 15 is 0 Å². The van der Waals surface area contributed by atoms with E-state index in [0.717, 1.165) is 18.2 Å². The van der Waals surface area contributed by atoms with Crippen LogP contribution in [-0.2, 0) is 19.6 Å². The molecule has 1 fully saturated rings. The van der Waals surface area contributed by atoms with Crippen LogP contribution in [-0.4, -0.2) is 43.7 Å². The summed E-state index contributed by atoms with van der Waals surface area (Å²) in [4.78, 5) is 24.5. The Kier molecular flexibility index (Phi) is 6.10. The summed E-state index contributed by atoms with van der Waals surface area (Å²) < 4.78 is 60.9. The second kappa shape index (κ2) is 8.71. The van der Waals surface area contributed by atoms with Crippen molar-refractivity contribution in [2.75, 3.05) is 23.7 Å². The number of aryl methyl sites for hydroxylation is 1. The third-order valence-corrected chi connectivity index (χ3v) is 7.77. The average Bonchev–Trinajstić information content (AvgIpc) is 2.77. The maximum atomic E-state index is 13.9. The Hall–Kier alpha value is -3.05. The summed E-state index contributed by atoms with van der Waals surface area (Å²) >= 11 is 0. The lowest BCUT2D eigenvalue weighted by Gasteiger charge is -2.32. The molecule has 2 atom stereocenters. The van der Waals surface area contributed by atoms with Crippen molar-refractivity contribution in [2.45, 2.75) is 37.7 Å². The van der Waals surface area contributed by atoms with Crippen LogP contribution in [0.1, 0.15) is 25.3 Å². The molecule has 2 aliphatic heterocycles. The first-order valence-electron chi connectivity index (χ1n) is 10.4. The van der Waals surface area contributed by atoms with Gasteiger partial charge in [-0.2, -0.15) is 4.31 Å². The van der Waals surface area contributed by atoms with Gasteiger partial charge in [0.2, 0.25) is 15.9 Å². The van der Waals surface area contributed by atoms with Crippen molar-refractivity contribution in [3.05, 3.63) is 47.5 Å². The molecule has 11 heteroatoms. The Morgan fingerprint density at radius 1 is 1.24 bits per heavy atom. The zero-order valence-electron chi connectivity index (χ0n) is 18.0. The minimum absolute atomic E-state index is 0.0156. The van der Waals surface area contributed by atoms with Gasteiger partial charge in [-0.05, 0) is 50.5 Å². The number of nitrogens with zero attached hydrogens (tertiary/aromatic N) is 1. The van der Waals surface area contributed by atoms with Crippen molar-refractivity contribution in [3.63, 3.8) is 0 Å². The third kappa shape index (κ3) is 4.55. The Bertz CT molecular complexity index is 1230. The van der Waals surface area contributed by atoms with Crippen molar-refractivity contribution in [2.24, 2.45) is 5.92 Å². The Morgan fingerprint density at radius 3 is 2.76 bits per heavy atom. The van der Waals surface area contributed by atoms with E-state index in [9.17, 15) is 26.8 Å². The molecule has 33 heavy (non-hydrogen) atoms. The summed E-state index contributed by atoms with van der Waals surface area (Å²) in [6, 6.07) is 5.64. The van der Waals surface area contributed by atoms with Crippen LogP contribution in [0.3, 0.4) is 0 Å². The van der Waals surface area contributed by atoms with E-state index in [-0.39, 0.29) is 35.3 Å². The van der Waals surface area contributed by atoms with E-state index in [1.165, 1.54) is 16.4 Å². The molecule has 1 saturated heterocycles. The summed E-state index contributed by atoms with van der Waals surface area (Å²) in [6.45, 7) is 3.28. The molecule has 0 unspecified atom stereocenters. The molecule has 2 heterocycles. The number of amides is 2. The minimum Gasteiger partial charge on any atom is -0.479 e. The topological polar surface area (TPSA) is 105 Å². The molecule has 2 amide bonds. The highest BCUT2D eigenvalue weighted by atomic mass is 32.2. The molecule has 2 N–H and O–H groups in total. The Balaban J connectivity index is 1.55. The highest BCUT2D eigenvalue weighted by Crippen LogP contribution is 2.36. The zero-order valence-corrected chi connectivity index (χ0v) is 18.8. The molecule has 0 bridgehead atoms. The van der Waals surface area contributed by atoms with Crippen LogP contribution in [0.5, 0.6) is 5.75 Å². The van der Waals surface area contributed by atoms with Crippen LogP contribution < -0.4 is 15.4 Å². The van der Waals surface area contributed by atoms with E-state index in [1.807, 2.05) is 0 Å². The lowest BCUT2D eigenvalue weighted by molar-refractivity contribution is -0.123.